The van der Waals surface area contributed by atoms with Gasteiger partial charge in [-0.05, 0) is 74.7 Å². The highest BCUT2D eigenvalue weighted by molar-refractivity contribution is 7.18. The molecule has 0 atom stereocenters. The Morgan fingerprint density at radius 1 is 0.943 bits per heavy atom. The fourth-order valence-electron chi connectivity index (χ4n) is 2.64. The normalized spacial score (nSPS) is 12.9. The van der Waals surface area contributed by atoms with Crippen LogP contribution >= 0.6 is 17.4 Å². The summed E-state index contributed by atoms with van der Waals surface area (Å²) in [6.07, 6.45) is 9.41. The fourth-order valence-corrected chi connectivity index (χ4v) is 3.22. The molecule has 0 fully saturated rings. The van der Waals surface area contributed by atoms with Crippen molar-refractivity contribution in [2.24, 2.45) is 0 Å². The molecule has 1 rings (SSSR count). The van der Waals surface area contributed by atoms with Crippen LogP contribution < -0.4 is 0 Å². The molecule has 11 heteroatoms. The number of aryl methyl sites for hydroxylation is 1. The summed E-state index contributed by atoms with van der Waals surface area (Å²) in [6.45, 7) is 19.9. The Bertz CT molecular complexity index is 702. The first kappa shape index (κ1) is 35.8. The van der Waals surface area contributed by atoms with Crippen LogP contribution in [-0.2, 0) is 40.6 Å². The molecule has 0 saturated heterocycles. The maximum Gasteiger partial charge on any atom is 0.330 e. The van der Waals surface area contributed by atoms with Crippen LogP contribution in [-0.4, -0.2) is 47.2 Å². The first-order valence-corrected chi connectivity index (χ1v) is 13.5. The van der Waals surface area contributed by atoms with Crippen molar-refractivity contribution in [1.82, 2.24) is 15.0 Å². The summed E-state index contributed by atoms with van der Waals surface area (Å²) in [5.74, 6) is -1.28. The van der Waals surface area contributed by atoms with Gasteiger partial charge in [-0.25, -0.2) is 9.13 Å². The van der Waals surface area contributed by atoms with E-state index in [4.69, 9.17) is 18.5 Å². The SMILES string of the molecule is CC(C)=CCC/C(C)=C\CCn1cc(CC(C)(OP=O)OP=O)nn1.CCOCC.CCOCC. The smallest absolute Gasteiger partial charge is 0.330 e. The average Bonchev–Trinajstić information content (AvgIpc) is 3.22. The minimum absolute atomic E-state index is 0.190. The highest BCUT2D eigenvalue weighted by Gasteiger charge is 2.29. The van der Waals surface area contributed by atoms with Gasteiger partial charge in [0.05, 0.1) is 5.69 Å². The van der Waals surface area contributed by atoms with Gasteiger partial charge in [0, 0.05) is 45.6 Å². The zero-order chi connectivity index (χ0) is 27.0. The van der Waals surface area contributed by atoms with Gasteiger partial charge in [0.25, 0.3) is 0 Å². The van der Waals surface area contributed by atoms with E-state index in [1.54, 1.807) is 17.8 Å². The van der Waals surface area contributed by atoms with Gasteiger partial charge in [-0.2, -0.15) is 0 Å². The van der Waals surface area contributed by atoms with Crippen molar-refractivity contribution in [2.45, 2.75) is 93.4 Å². The monoisotopic (exact) mass is 533 g/mol. The van der Waals surface area contributed by atoms with E-state index < -0.39 is 23.2 Å². The molecule has 0 radical (unpaired) electrons. The second kappa shape index (κ2) is 24.4. The van der Waals surface area contributed by atoms with E-state index in [-0.39, 0.29) is 6.42 Å². The molecule has 0 unspecified atom stereocenters. The van der Waals surface area contributed by atoms with Crippen molar-refractivity contribution in [2.75, 3.05) is 26.4 Å². The van der Waals surface area contributed by atoms with Crippen molar-refractivity contribution in [3.05, 3.63) is 35.2 Å². The van der Waals surface area contributed by atoms with E-state index in [9.17, 15) is 9.13 Å². The Balaban J connectivity index is 0. The first-order valence-electron chi connectivity index (χ1n) is 12.1. The van der Waals surface area contributed by atoms with Gasteiger partial charge in [-0.15, -0.1) is 5.10 Å². The largest absolute Gasteiger partial charge is 0.382 e. The average molecular weight is 534 g/mol. The topological polar surface area (TPSA) is 102 Å². The molecular weight excluding hydrogens is 488 g/mol. The van der Waals surface area contributed by atoms with E-state index in [0.29, 0.717) is 12.2 Å². The molecule has 0 amide bonds. The Morgan fingerprint density at radius 2 is 1.49 bits per heavy atom. The first-order chi connectivity index (χ1) is 16.7. The number of ether oxygens (including phenoxy) is 2. The lowest BCUT2D eigenvalue weighted by molar-refractivity contribution is -0.0805. The van der Waals surface area contributed by atoms with E-state index >= 15 is 0 Å². The van der Waals surface area contributed by atoms with Gasteiger partial charge in [0.15, 0.2) is 5.79 Å². The third kappa shape index (κ3) is 22.8. The molecule has 0 aromatic carbocycles. The predicted octanol–water partition coefficient (Wildman–Crippen LogP) is 7.15. The molecule has 0 N–H and O–H groups in total. The molecule has 35 heavy (non-hydrogen) atoms. The van der Waals surface area contributed by atoms with Crippen LogP contribution in [0, 0.1) is 0 Å². The highest BCUT2D eigenvalue weighted by Crippen LogP contribution is 2.26. The zero-order valence-electron chi connectivity index (χ0n) is 22.8. The Morgan fingerprint density at radius 3 is 1.91 bits per heavy atom. The van der Waals surface area contributed by atoms with Gasteiger partial charge in [-0.3, -0.25) is 13.7 Å². The van der Waals surface area contributed by atoms with E-state index in [2.05, 4.69) is 43.2 Å². The second-order valence-electron chi connectivity index (χ2n) is 7.84. The standard InChI is InChI=1S/C16H25N3O4P2.2C4H10O/c1-13(2)7-5-8-14(3)9-6-10-19-12-15(17-18-19)11-16(4,22-24-20)23-25-21;2*1-3-5-4-2/h7,9,12H,5-6,8,10-11H2,1-4H3;2*3-4H2,1-2H3/b14-9-;;. The minimum atomic E-state index is -1.28. The Kier molecular flexibility index (Phi) is 24.9. The van der Waals surface area contributed by atoms with Gasteiger partial charge in [0.1, 0.15) is 0 Å². The summed E-state index contributed by atoms with van der Waals surface area (Å²) in [5, 5.41) is 8.11. The summed E-state index contributed by atoms with van der Waals surface area (Å²) in [7, 11) is -1.10. The molecule has 9 nitrogen and oxygen atoms in total. The van der Waals surface area contributed by atoms with Crippen LogP contribution in [0.25, 0.3) is 0 Å². The quantitative estimate of drug-likeness (QED) is 0.125. The van der Waals surface area contributed by atoms with E-state index in [0.717, 1.165) is 45.7 Å². The minimum Gasteiger partial charge on any atom is -0.382 e. The van der Waals surface area contributed by atoms with Crippen LogP contribution in [0.15, 0.2) is 29.5 Å². The van der Waals surface area contributed by atoms with Crippen LogP contribution in [0.3, 0.4) is 0 Å². The van der Waals surface area contributed by atoms with Crippen LogP contribution in [0.2, 0.25) is 0 Å². The lowest BCUT2D eigenvalue weighted by Gasteiger charge is -2.20. The van der Waals surface area contributed by atoms with Crippen molar-refractivity contribution in [1.29, 1.82) is 0 Å². The molecule has 202 valence electrons. The highest BCUT2D eigenvalue weighted by atomic mass is 31.1. The summed E-state index contributed by atoms with van der Waals surface area (Å²) in [6, 6.07) is 0. The molecule has 0 saturated carbocycles. The third-order valence-corrected chi connectivity index (χ3v) is 5.23. The van der Waals surface area contributed by atoms with Gasteiger partial charge >= 0.3 is 17.4 Å². The number of hydrogen-bond donors (Lipinski definition) is 0. The lowest BCUT2D eigenvalue weighted by Crippen LogP contribution is -2.29. The molecule has 1 heterocycles. The number of nitrogens with zero attached hydrogens (tertiary/aromatic N) is 3. The van der Waals surface area contributed by atoms with Gasteiger partial charge in [-0.1, -0.05) is 28.5 Å². The van der Waals surface area contributed by atoms with Crippen LogP contribution in [0.5, 0.6) is 0 Å². The van der Waals surface area contributed by atoms with Crippen molar-refractivity contribution >= 4 is 17.4 Å². The summed E-state index contributed by atoms with van der Waals surface area (Å²) >= 11 is 0. The summed E-state index contributed by atoms with van der Waals surface area (Å²) < 4.78 is 42.6. The fraction of sp³-hybridized carbons (Fsp3) is 0.750. The molecule has 1 aromatic heterocycles. The number of rotatable bonds is 16. The maximum atomic E-state index is 10.6. The molecule has 0 aliphatic rings. The lowest BCUT2D eigenvalue weighted by atomic mass is 10.1. The Labute approximate surface area is 215 Å². The van der Waals surface area contributed by atoms with Crippen LogP contribution in [0.4, 0.5) is 0 Å². The van der Waals surface area contributed by atoms with Crippen molar-refractivity contribution in [3.8, 4) is 0 Å². The number of hydrogen-bond acceptors (Lipinski definition) is 8. The zero-order valence-corrected chi connectivity index (χ0v) is 24.6. The third-order valence-electron chi connectivity index (χ3n) is 4.31. The van der Waals surface area contributed by atoms with Crippen LogP contribution in [0.1, 0.15) is 80.3 Å². The molecule has 0 spiro atoms. The van der Waals surface area contributed by atoms with Crippen molar-refractivity contribution < 1.29 is 27.7 Å². The molecular formula is C24H45N3O6P2. The number of aromatic nitrogens is 3. The van der Waals surface area contributed by atoms with E-state index in [1.807, 2.05) is 27.7 Å². The number of allylic oxidation sites excluding steroid dienone is 4. The summed E-state index contributed by atoms with van der Waals surface area (Å²) in [5.41, 5.74) is 3.31. The molecule has 0 aliphatic carbocycles. The van der Waals surface area contributed by atoms with Gasteiger partial charge < -0.3 is 9.47 Å². The predicted molar refractivity (Wildman–Crippen MR) is 141 cm³/mol. The molecule has 0 aliphatic heterocycles. The maximum absolute atomic E-state index is 10.6. The van der Waals surface area contributed by atoms with E-state index in [1.165, 1.54) is 11.1 Å². The molecule has 1 aromatic rings. The van der Waals surface area contributed by atoms with Crippen molar-refractivity contribution in [3.63, 3.8) is 0 Å². The Hall–Kier alpha value is -1.34. The second-order valence-corrected chi connectivity index (χ2v) is 8.50. The van der Waals surface area contributed by atoms with Gasteiger partial charge in [0.2, 0.25) is 0 Å². The summed E-state index contributed by atoms with van der Waals surface area (Å²) in [4.78, 5) is 0. The molecule has 0 bridgehead atoms.